The molecular formula is C13H27N. The Bertz CT molecular complexity index is 151. The summed E-state index contributed by atoms with van der Waals surface area (Å²) in [6.07, 6.45) is 5.79. The zero-order chi connectivity index (χ0) is 10.6. The molecule has 0 amide bonds. The highest BCUT2D eigenvalue weighted by Gasteiger charge is 2.30. The van der Waals surface area contributed by atoms with Crippen molar-refractivity contribution in [2.75, 3.05) is 6.54 Å². The normalized spacial score (nSPS) is 30.6. The van der Waals surface area contributed by atoms with E-state index in [1.54, 1.807) is 0 Å². The zero-order valence-corrected chi connectivity index (χ0v) is 10.3. The van der Waals surface area contributed by atoms with E-state index in [0.29, 0.717) is 0 Å². The van der Waals surface area contributed by atoms with Gasteiger partial charge in [0.1, 0.15) is 0 Å². The minimum atomic E-state index is 0.746. The Morgan fingerprint density at radius 3 is 2.36 bits per heavy atom. The van der Waals surface area contributed by atoms with Crippen molar-refractivity contribution in [3.8, 4) is 0 Å². The average Bonchev–Trinajstić information content (AvgIpc) is 2.15. The average molecular weight is 197 g/mol. The Morgan fingerprint density at radius 1 is 1.21 bits per heavy atom. The molecule has 3 unspecified atom stereocenters. The van der Waals surface area contributed by atoms with Crippen LogP contribution in [0, 0.1) is 17.8 Å². The Kier molecular flexibility index (Phi) is 4.94. The van der Waals surface area contributed by atoms with Crippen molar-refractivity contribution in [1.82, 2.24) is 5.32 Å². The molecule has 1 aliphatic carbocycles. The summed E-state index contributed by atoms with van der Waals surface area (Å²) in [7, 11) is 0. The van der Waals surface area contributed by atoms with Crippen molar-refractivity contribution >= 4 is 0 Å². The van der Waals surface area contributed by atoms with Gasteiger partial charge in [0.05, 0.1) is 0 Å². The van der Waals surface area contributed by atoms with Crippen LogP contribution in [0.15, 0.2) is 0 Å². The lowest BCUT2D eigenvalue weighted by Crippen LogP contribution is -2.43. The van der Waals surface area contributed by atoms with Gasteiger partial charge in [-0.15, -0.1) is 0 Å². The highest BCUT2D eigenvalue weighted by molar-refractivity contribution is 4.84. The van der Waals surface area contributed by atoms with Gasteiger partial charge >= 0.3 is 0 Å². The fourth-order valence-electron chi connectivity index (χ4n) is 3.00. The van der Waals surface area contributed by atoms with Gasteiger partial charge in [-0.3, -0.25) is 0 Å². The van der Waals surface area contributed by atoms with Crippen LogP contribution >= 0.6 is 0 Å². The van der Waals surface area contributed by atoms with Crippen LogP contribution in [0.25, 0.3) is 0 Å². The predicted molar refractivity (Wildman–Crippen MR) is 63.4 cm³/mol. The van der Waals surface area contributed by atoms with E-state index in [9.17, 15) is 0 Å². The third kappa shape index (κ3) is 2.98. The Balaban J connectivity index is 2.55. The van der Waals surface area contributed by atoms with E-state index >= 15 is 0 Å². The third-order valence-electron chi connectivity index (χ3n) is 3.80. The van der Waals surface area contributed by atoms with Gasteiger partial charge < -0.3 is 5.32 Å². The maximum Gasteiger partial charge on any atom is 0.0121 e. The van der Waals surface area contributed by atoms with Crippen molar-refractivity contribution in [3.05, 3.63) is 0 Å². The van der Waals surface area contributed by atoms with Gasteiger partial charge in [-0.1, -0.05) is 47.0 Å². The predicted octanol–water partition coefficient (Wildman–Crippen LogP) is 3.45. The zero-order valence-electron chi connectivity index (χ0n) is 10.3. The lowest BCUT2D eigenvalue weighted by atomic mass is 9.73. The molecule has 0 aliphatic heterocycles. The number of nitrogens with one attached hydrogen (secondary N) is 1. The van der Waals surface area contributed by atoms with E-state index in [1.807, 2.05) is 0 Å². The number of rotatable bonds is 4. The van der Waals surface area contributed by atoms with E-state index < -0.39 is 0 Å². The minimum absolute atomic E-state index is 0.746. The first-order valence-electron chi connectivity index (χ1n) is 6.40. The first kappa shape index (κ1) is 12.0. The SMILES string of the molecule is CCNC(C(C)C)C1CCCCC1C. The quantitative estimate of drug-likeness (QED) is 0.728. The monoisotopic (exact) mass is 197 g/mol. The Morgan fingerprint density at radius 2 is 1.86 bits per heavy atom. The lowest BCUT2D eigenvalue weighted by Gasteiger charge is -2.38. The summed E-state index contributed by atoms with van der Waals surface area (Å²) >= 11 is 0. The topological polar surface area (TPSA) is 12.0 Å². The van der Waals surface area contributed by atoms with Gasteiger partial charge in [-0.05, 0) is 30.7 Å². The molecule has 0 spiro atoms. The molecule has 0 aromatic carbocycles. The molecule has 1 rings (SSSR count). The maximum absolute atomic E-state index is 3.68. The second kappa shape index (κ2) is 5.75. The summed E-state index contributed by atoms with van der Waals surface area (Å²) in [6.45, 7) is 10.5. The molecular weight excluding hydrogens is 170 g/mol. The molecule has 1 aliphatic rings. The summed E-state index contributed by atoms with van der Waals surface area (Å²) in [5.74, 6) is 2.62. The van der Waals surface area contributed by atoms with Gasteiger partial charge in [0.25, 0.3) is 0 Å². The summed E-state index contributed by atoms with van der Waals surface area (Å²) in [4.78, 5) is 0. The van der Waals surface area contributed by atoms with Crippen LogP contribution in [0.3, 0.4) is 0 Å². The molecule has 3 atom stereocenters. The van der Waals surface area contributed by atoms with Gasteiger partial charge in [0.15, 0.2) is 0 Å². The largest absolute Gasteiger partial charge is 0.314 e. The highest BCUT2D eigenvalue weighted by atomic mass is 14.9. The van der Waals surface area contributed by atoms with E-state index in [1.165, 1.54) is 25.7 Å². The highest BCUT2D eigenvalue weighted by Crippen LogP contribution is 2.34. The Hall–Kier alpha value is -0.0400. The van der Waals surface area contributed by atoms with Crippen molar-refractivity contribution < 1.29 is 0 Å². The van der Waals surface area contributed by atoms with Gasteiger partial charge in [0.2, 0.25) is 0 Å². The first-order chi connectivity index (χ1) is 6.66. The van der Waals surface area contributed by atoms with Crippen LogP contribution in [-0.2, 0) is 0 Å². The molecule has 0 saturated heterocycles. The molecule has 1 N–H and O–H groups in total. The Labute approximate surface area is 89.7 Å². The molecule has 1 heteroatoms. The minimum Gasteiger partial charge on any atom is -0.314 e. The number of hydrogen-bond acceptors (Lipinski definition) is 1. The van der Waals surface area contributed by atoms with Crippen molar-refractivity contribution in [1.29, 1.82) is 0 Å². The van der Waals surface area contributed by atoms with Crippen molar-refractivity contribution in [3.63, 3.8) is 0 Å². The maximum atomic E-state index is 3.68. The van der Waals surface area contributed by atoms with Crippen molar-refractivity contribution in [2.24, 2.45) is 17.8 Å². The lowest BCUT2D eigenvalue weighted by molar-refractivity contribution is 0.164. The van der Waals surface area contributed by atoms with Crippen LogP contribution in [0.5, 0.6) is 0 Å². The van der Waals surface area contributed by atoms with Crippen LogP contribution in [-0.4, -0.2) is 12.6 Å². The standard InChI is InChI=1S/C13H27N/c1-5-14-13(10(2)3)12-9-7-6-8-11(12)4/h10-14H,5-9H2,1-4H3. The van der Waals surface area contributed by atoms with Crippen LogP contribution < -0.4 is 5.32 Å². The van der Waals surface area contributed by atoms with Crippen molar-refractivity contribution in [2.45, 2.75) is 59.4 Å². The van der Waals surface area contributed by atoms with Gasteiger partial charge in [-0.25, -0.2) is 0 Å². The second-order valence-corrected chi connectivity index (χ2v) is 5.25. The van der Waals surface area contributed by atoms with Gasteiger partial charge in [0, 0.05) is 6.04 Å². The molecule has 1 fully saturated rings. The van der Waals surface area contributed by atoms with Crippen LogP contribution in [0.2, 0.25) is 0 Å². The number of hydrogen-bond donors (Lipinski definition) is 1. The van der Waals surface area contributed by atoms with E-state index in [2.05, 4.69) is 33.0 Å². The summed E-state index contributed by atoms with van der Waals surface area (Å²) in [5.41, 5.74) is 0. The van der Waals surface area contributed by atoms with Crippen LogP contribution in [0.4, 0.5) is 0 Å². The molecule has 84 valence electrons. The van der Waals surface area contributed by atoms with Crippen LogP contribution in [0.1, 0.15) is 53.4 Å². The van der Waals surface area contributed by atoms with Gasteiger partial charge in [-0.2, -0.15) is 0 Å². The third-order valence-corrected chi connectivity index (χ3v) is 3.80. The van der Waals surface area contributed by atoms with E-state index in [0.717, 1.165) is 30.3 Å². The summed E-state index contributed by atoms with van der Waals surface area (Å²) in [6, 6.07) is 0.746. The fraction of sp³-hybridized carbons (Fsp3) is 1.00. The summed E-state index contributed by atoms with van der Waals surface area (Å²) < 4.78 is 0. The molecule has 0 radical (unpaired) electrons. The molecule has 1 saturated carbocycles. The second-order valence-electron chi connectivity index (χ2n) is 5.25. The van der Waals surface area contributed by atoms with E-state index in [-0.39, 0.29) is 0 Å². The van der Waals surface area contributed by atoms with E-state index in [4.69, 9.17) is 0 Å². The molecule has 14 heavy (non-hydrogen) atoms. The molecule has 0 aromatic rings. The summed E-state index contributed by atoms with van der Waals surface area (Å²) in [5, 5.41) is 3.68. The molecule has 0 bridgehead atoms. The molecule has 0 aromatic heterocycles. The fourth-order valence-corrected chi connectivity index (χ4v) is 3.00. The molecule has 1 nitrogen and oxygen atoms in total. The smallest absolute Gasteiger partial charge is 0.0121 e. The first-order valence-corrected chi connectivity index (χ1v) is 6.40. The molecule has 0 heterocycles.